The number of anilines is 1. The first-order valence-electron chi connectivity index (χ1n) is 7.33. The van der Waals surface area contributed by atoms with Crippen LogP contribution in [0.25, 0.3) is 0 Å². The molecule has 2 rings (SSSR count). The molecule has 1 aliphatic rings. The summed E-state index contributed by atoms with van der Waals surface area (Å²) in [4.78, 5) is 12.9. The van der Waals surface area contributed by atoms with Crippen LogP contribution in [0.4, 0.5) is 11.4 Å². The van der Waals surface area contributed by atoms with Gasteiger partial charge in [-0.3, -0.25) is 10.1 Å². The van der Waals surface area contributed by atoms with Crippen molar-refractivity contribution in [2.75, 3.05) is 18.5 Å². The fraction of sp³-hybridized carbons (Fsp3) is 0.600. The van der Waals surface area contributed by atoms with E-state index in [0.29, 0.717) is 24.1 Å². The second kappa shape index (κ2) is 6.75. The van der Waals surface area contributed by atoms with Gasteiger partial charge in [-0.05, 0) is 54.2 Å². The van der Waals surface area contributed by atoms with Crippen LogP contribution in [0, 0.1) is 23.0 Å². The van der Waals surface area contributed by atoms with E-state index in [9.17, 15) is 10.1 Å². The Labute approximate surface area is 133 Å². The SMILES string of the molecule is Cc1cc(N(C)C2CCCCC2CN)c(Br)cc1[N+](=O)[O-]. The minimum atomic E-state index is -0.340. The van der Waals surface area contributed by atoms with Gasteiger partial charge in [0.1, 0.15) is 0 Å². The minimum absolute atomic E-state index is 0.151. The molecule has 2 atom stereocenters. The third-order valence-corrected chi connectivity index (χ3v) is 5.15. The first-order chi connectivity index (χ1) is 9.95. The summed E-state index contributed by atoms with van der Waals surface area (Å²) in [7, 11) is 2.06. The molecule has 1 aromatic carbocycles. The van der Waals surface area contributed by atoms with Crippen molar-refractivity contribution in [2.24, 2.45) is 11.7 Å². The highest BCUT2D eigenvalue weighted by molar-refractivity contribution is 9.10. The predicted molar refractivity (Wildman–Crippen MR) is 88.7 cm³/mol. The number of nitro groups is 1. The monoisotopic (exact) mass is 355 g/mol. The maximum Gasteiger partial charge on any atom is 0.273 e. The van der Waals surface area contributed by atoms with Gasteiger partial charge in [0.05, 0.1) is 10.6 Å². The number of aryl methyl sites for hydroxylation is 1. The number of hydrogen-bond acceptors (Lipinski definition) is 4. The van der Waals surface area contributed by atoms with Gasteiger partial charge in [-0.15, -0.1) is 0 Å². The zero-order valence-corrected chi connectivity index (χ0v) is 14.1. The predicted octanol–water partition coefficient (Wildman–Crippen LogP) is 3.62. The van der Waals surface area contributed by atoms with Crippen LogP contribution < -0.4 is 10.6 Å². The van der Waals surface area contributed by atoms with Gasteiger partial charge in [0.2, 0.25) is 0 Å². The normalized spacial score (nSPS) is 22.1. The Kier molecular flexibility index (Phi) is 5.22. The number of nitro benzene ring substituents is 1. The molecule has 0 saturated heterocycles. The van der Waals surface area contributed by atoms with E-state index in [4.69, 9.17) is 5.73 Å². The maximum atomic E-state index is 11.0. The molecule has 0 heterocycles. The van der Waals surface area contributed by atoms with E-state index >= 15 is 0 Å². The van der Waals surface area contributed by atoms with Crippen LogP contribution in [0.1, 0.15) is 31.2 Å². The van der Waals surface area contributed by atoms with Crippen LogP contribution in [0.15, 0.2) is 16.6 Å². The van der Waals surface area contributed by atoms with E-state index in [0.717, 1.165) is 23.0 Å². The first kappa shape index (κ1) is 16.2. The molecular weight excluding hydrogens is 334 g/mol. The van der Waals surface area contributed by atoms with Crippen molar-refractivity contribution in [2.45, 2.75) is 38.6 Å². The van der Waals surface area contributed by atoms with E-state index in [1.807, 2.05) is 6.07 Å². The number of hydrogen-bond donors (Lipinski definition) is 1. The minimum Gasteiger partial charge on any atom is -0.370 e. The van der Waals surface area contributed by atoms with Gasteiger partial charge in [0.15, 0.2) is 0 Å². The number of rotatable bonds is 4. The summed E-state index contributed by atoms with van der Waals surface area (Å²) in [5, 5.41) is 11.0. The smallest absolute Gasteiger partial charge is 0.273 e. The van der Waals surface area contributed by atoms with Crippen molar-refractivity contribution in [1.29, 1.82) is 0 Å². The molecule has 2 unspecified atom stereocenters. The summed E-state index contributed by atoms with van der Waals surface area (Å²) in [6.07, 6.45) is 4.75. The highest BCUT2D eigenvalue weighted by Crippen LogP contribution is 2.37. The fourth-order valence-corrected chi connectivity index (χ4v) is 3.89. The molecule has 0 aromatic heterocycles. The van der Waals surface area contributed by atoms with Crippen molar-refractivity contribution >= 4 is 27.3 Å². The lowest BCUT2D eigenvalue weighted by molar-refractivity contribution is -0.385. The highest BCUT2D eigenvalue weighted by Gasteiger charge is 2.29. The van der Waals surface area contributed by atoms with Crippen LogP contribution in [-0.4, -0.2) is 24.6 Å². The molecular formula is C15H22BrN3O2. The van der Waals surface area contributed by atoms with E-state index in [-0.39, 0.29) is 10.6 Å². The van der Waals surface area contributed by atoms with Gasteiger partial charge >= 0.3 is 0 Å². The third-order valence-electron chi connectivity index (χ3n) is 4.51. The molecule has 1 aromatic rings. The van der Waals surface area contributed by atoms with Crippen LogP contribution in [0.3, 0.4) is 0 Å². The fourth-order valence-electron chi connectivity index (χ4n) is 3.27. The highest BCUT2D eigenvalue weighted by atomic mass is 79.9. The summed E-state index contributed by atoms with van der Waals surface area (Å²) in [5.41, 5.74) is 7.75. The summed E-state index contributed by atoms with van der Waals surface area (Å²) in [6.45, 7) is 2.47. The van der Waals surface area contributed by atoms with Crippen molar-refractivity contribution < 1.29 is 4.92 Å². The molecule has 1 aliphatic carbocycles. The van der Waals surface area contributed by atoms with Crippen LogP contribution >= 0.6 is 15.9 Å². The molecule has 0 radical (unpaired) electrons. The van der Waals surface area contributed by atoms with Gasteiger partial charge in [-0.25, -0.2) is 0 Å². The summed E-state index contributed by atoms with van der Waals surface area (Å²) in [6, 6.07) is 3.90. The molecule has 6 heteroatoms. The number of nitrogens with two attached hydrogens (primary N) is 1. The topological polar surface area (TPSA) is 72.4 Å². The van der Waals surface area contributed by atoms with Gasteiger partial charge in [-0.2, -0.15) is 0 Å². The van der Waals surface area contributed by atoms with Crippen molar-refractivity contribution in [3.63, 3.8) is 0 Å². The molecule has 5 nitrogen and oxygen atoms in total. The number of benzene rings is 1. The Morgan fingerprint density at radius 1 is 1.43 bits per heavy atom. The molecule has 1 fully saturated rings. The first-order valence-corrected chi connectivity index (χ1v) is 8.12. The third kappa shape index (κ3) is 3.37. The molecule has 1 saturated carbocycles. The van der Waals surface area contributed by atoms with Gasteiger partial charge in [0, 0.05) is 29.2 Å². The Hall–Kier alpha value is -1.14. The summed E-state index contributed by atoms with van der Waals surface area (Å²) in [5.74, 6) is 0.492. The number of halogens is 1. The van der Waals surface area contributed by atoms with Crippen LogP contribution in [0.2, 0.25) is 0 Å². The van der Waals surface area contributed by atoms with E-state index < -0.39 is 0 Å². The van der Waals surface area contributed by atoms with Crippen molar-refractivity contribution in [1.82, 2.24) is 0 Å². The van der Waals surface area contributed by atoms with Crippen LogP contribution in [0.5, 0.6) is 0 Å². The van der Waals surface area contributed by atoms with Gasteiger partial charge < -0.3 is 10.6 Å². The quantitative estimate of drug-likeness (QED) is 0.661. The summed E-state index contributed by atoms with van der Waals surface area (Å²) >= 11 is 3.48. The maximum absolute atomic E-state index is 11.0. The molecule has 0 amide bonds. The lowest BCUT2D eigenvalue weighted by Gasteiger charge is -2.39. The molecule has 0 spiro atoms. The van der Waals surface area contributed by atoms with Crippen molar-refractivity contribution in [3.8, 4) is 0 Å². The molecule has 21 heavy (non-hydrogen) atoms. The zero-order valence-electron chi connectivity index (χ0n) is 12.5. The Morgan fingerprint density at radius 2 is 2.10 bits per heavy atom. The Bertz CT molecular complexity index is 536. The summed E-state index contributed by atoms with van der Waals surface area (Å²) < 4.78 is 0.767. The zero-order chi connectivity index (χ0) is 15.6. The van der Waals surface area contributed by atoms with E-state index in [2.05, 4.69) is 27.9 Å². The average Bonchev–Trinajstić information content (AvgIpc) is 2.48. The lowest BCUT2D eigenvalue weighted by atomic mass is 9.83. The second-order valence-corrected chi connectivity index (χ2v) is 6.66. The van der Waals surface area contributed by atoms with E-state index in [1.54, 1.807) is 13.0 Å². The largest absolute Gasteiger partial charge is 0.370 e. The van der Waals surface area contributed by atoms with Crippen LogP contribution in [-0.2, 0) is 0 Å². The Morgan fingerprint density at radius 3 is 2.71 bits per heavy atom. The molecule has 0 bridgehead atoms. The second-order valence-electron chi connectivity index (χ2n) is 5.81. The number of nitrogens with zero attached hydrogens (tertiary/aromatic N) is 2. The standard InChI is InChI=1S/C15H22BrN3O2/c1-10-7-15(12(16)8-14(10)19(20)21)18(2)13-6-4-3-5-11(13)9-17/h7-8,11,13H,3-6,9,17H2,1-2H3. The molecule has 116 valence electrons. The average molecular weight is 356 g/mol. The van der Waals surface area contributed by atoms with E-state index in [1.165, 1.54) is 12.8 Å². The molecule has 0 aliphatic heterocycles. The lowest BCUT2D eigenvalue weighted by Crippen LogP contribution is -2.43. The van der Waals surface area contributed by atoms with Gasteiger partial charge in [-0.1, -0.05) is 12.8 Å². The molecule has 2 N–H and O–H groups in total. The van der Waals surface area contributed by atoms with Crippen molar-refractivity contribution in [3.05, 3.63) is 32.3 Å². The Balaban J connectivity index is 2.32. The van der Waals surface area contributed by atoms with Gasteiger partial charge in [0.25, 0.3) is 5.69 Å².